The van der Waals surface area contributed by atoms with Gasteiger partial charge in [0.15, 0.2) is 0 Å². The van der Waals surface area contributed by atoms with Gasteiger partial charge in [0.2, 0.25) is 0 Å². The van der Waals surface area contributed by atoms with Crippen LogP contribution in [0.2, 0.25) is 0 Å². The van der Waals surface area contributed by atoms with Crippen LogP contribution in [0.1, 0.15) is 42.1 Å². The molecule has 3 aromatic rings. The molecular weight excluding hydrogens is 349 g/mol. The van der Waals surface area contributed by atoms with E-state index in [0.717, 1.165) is 5.56 Å². The predicted molar refractivity (Wildman–Crippen MR) is 110 cm³/mol. The van der Waals surface area contributed by atoms with Crippen LogP contribution < -0.4 is 0 Å². The molecule has 2 nitrogen and oxygen atoms in total. The number of rotatable bonds is 3. The molecule has 0 bridgehead atoms. The lowest BCUT2D eigenvalue weighted by Gasteiger charge is -2.52. The van der Waals surface area contributed by atoms with Crippen molar-refractivity contribution in [3.05, 3.63) is 107 Å². The lowest BCUT2D eigenvalue weighted by molar-refractivity contribution is -0.120. The van der Waals surface area contributed by atoms with Crippen LogP contribution in [-0.2, 0) is 5.60 Å². The summed E-state index contributed by atoms with van der Waals surface area (Å²) in [5.74, 6) is -0.350. The molecule has 1 aliphatic rings. The third-order valence-electron chi connectivity index (χ3n) is 6.33. The summed E-state index contributed by atoms with van der Waals surface area (Å²) in [4.78, 5) is 2.37. The van der Waals surface area contributed by atoms with Gasteiger partial charge in [-0.2, -0.15) is 0 Å². The van der Waals surface area contributed by atoms with Crippen LogP contribution in [0, 0.1) is 11.7 Å². The predicted octanol–water partition coefficient (Wildman–Crippen LogP) is 5.47. The van der Waals surface area contributed by atoms with Gasteiger partial charge in [-0.3, -0.25) is 4.90 Å². The second kappa shape index (κ2) is 7.50. The molecule has 0 saturated carbocycles. The van der Waals surface area contributed by atoms with Gasteiger partial charge in [-0.1, -0.05) is 79.7 Å². The van der Waals surface area contributed by atoms with Crippen LogP contribution >= 0.6 is 0 Å². The third kappa shape index (κ3) is 3.25. The van der Waals surface area contributed by atoms with Gasteiger partial charge in [0, 0.05) is 24.4 Å². The summed E-state index contributed by atoms with van der Waals surface area (Å²) in [6.07, 6.45) is 0.559. The molecule has 0 radical (unpaired) electrons. The highest BCUT2D eigenvalue weighted by molar-refractivity contribution is 5.32. The second-order valence-electron chi connectivity index (χ2n) is 7.87. The topological polar surface area (TPSA) is 23.5 Å². The summed E-state index contributed by atoms with van der Waals surface area (Å²) < 4.78 is 13.5. The van der Waals surface area contributed by atoms with Crippen LogP contribution in [0.15, 0.2) is 84.9 Å². The smallest absolute Gasteiger partial charge is 0.123 e. The van der Waals surface area contributed by atoms with E-state index < -0.39 is 5.60 Å². The van der Waals surface area contributed by atoms with Crippen molar-refractivity contribution in [1.82, 2.24) is 4.90 Å². The minimum Gasteiger partial charge on any atom is -0.385 e. The van der Waals surface area contributed by atoms with Gasteiger partial charge in [0.05, 0.1) is 5.60 Å². The monoisotopic (exact) mass is 375 g/mol. The van der Waals surface area contributed by atoms with Gasteiger partial charge >= 0.3 is 0 Å². The molecule has 0 amide bonds. The van der Waals surface area contributed by atoms with Crippen LogP contribution in [0.4, 0.5) is 4.39 Å². The Morgan fingerprint density at radius 3 is 1.96 bits per heavy atom. The summed E-state index contributed by atoms with van der Waals surface area (Å²) in [5, 5.41) is 11.9. The maximum absolute atomic E-state index is 13.5. The Morgan fingerprint density at radius 1 is 0.857 bits per heavy atom. The number of hydrogen-bond acceptors (Lipinski definition) is 2. The third-order valence-corrected chi connectivity index (χ3v) is 6.33. The molecule has 0 aliphatic carbocycles. The molecule has 4 rings (SSSR count). The fraction of sp³-hybridized carbons (Fsp3) is 0.280. The van der Waals surface area contributed by atoms with Crippen LogP contribution in [-0.4, -0.2) is 17.1 Å². The zero-order valence-electron chi connectivity index (χ0n) is 16.3. The van der Waals surface area contributed by atoms with Crippen molar-refractivity contribution >= 4 is 0 Å². The highest BCUT2D eigenvalue weighted by Gasteiger charge is 2.49. The molecule has 144 valence electrons. The van der Waals surface area contributed by atoms with Crippen molar-refractivity contribution < 1.29 is 9.50 Å². The maximum Gasteiger partial charge on any atom is 0.123 e. The first-order valence-corrected chi connectivity index (χ1v) is 9.81. The number of piperidine rings is 1. The second-order valence-corrected chi connectivity index (χ2v) is 7.87. The van der Waals surface area contributed by atoms with Crippen molar-refractivity contribution in [2.75, 3.05) is 7.05 Å². The first-order chi connectivity index (χ1) is 13.5. The average Bonchev–Trinajstić information content (AvgIpc) is 2.73. The van der Waals surface area contributed by atoms with Crippen molar-refractivity contribution in [3.63, 3.8) is 0 Å². The molecular formula is C25H26FNO. The summed E-state index contributed by atoms with van der Waals surface area (Å²) in [5.41, 5.74) is 2.08. The van der Waals surface area contributed by atoms with E-state index in [1.54, 1.807) is 12.1 Å². The Labute approximate surface area is 166 Å². The minimum absolute atomic E-state index is 0.0372. The molecule has 0 unspecified atom stereocenters. The number of aliphatic hydroxyl groups is 1. The number of hydrogen-bond donors (Lipinski definition) is 1. The fourth-order valence-corrected chi connectivity index (χ4v) is 4.75. The van der Waals surface area contributed by atoms with Crippen LogP contribution in [0.5, 0.6) is 0 Å². The summed E-state index contributed by atoms with van der Waals surface area (Å²) in [6, 6.07) is 27.1. The molecule has 0 aromatic heterocycles. The van der Waals surface area contributed by atoms with Gasteiger partial charge in [0.25, 0.3) is 0 Å². The molecule has 3 heteroatoms. The zero-order chi connectivity index (χ0) is 19.7. The van der Waals surface area contributed by atoms with Gasteiger partial charge in [-0.15, -0.1) is 0 Å². The van der Waals surface area contributed by atoms with Gasteiger partial charge in [0.1, 0.15) is 5.82 Å². The molecule has 1 aliphatic heterocycles. The Morgan fingerprint density at radius 2 is 1.39 bits per heavy atom. The van der Waals surface area contributed by atoms with Gasteiger partial charge < -0.3 is 5.11 Å². The number of benzene rings is 3. The fourth-order valence-electron chi connectivity index (χ4n) is 4.75. The van der Waals surface area contributed by atoms with E-state index in [9.17, 15) is 9.50 Å². The van der Waals surface area contributed by atoms with Crippen LogP contribution in [0.3, 0.4) is 0 Å². The number of nitrogens with zero attached hydrogens (tertiary/aromatic N) is 1. The molecule has 1 saturated heterocycles. The molecule has 4 atom stereocenters. The van der Waals surface area contributed by atoms with Gasteiger partial charge in [-0.25, -0.2) is 4.39 Å². The van der Waals surface area contributed by atoms with E-state index in [2.05, 4.69) is 43.1 Å². The molecule has 1 heterocycles. The van der Waals surface area contributed by atoms with E-state index in [-0.39, 0.29) is 23.8 Å². The van der Waals surface area contributed by atoms with Gasteiger partial charge in [-0.05, 0) is 35.9 Å². The van der Waals surface area contributed by atoms with E-state index in [1.165, 1.54) is 23.3 Å². The highest BCUT2D eigenvalue weighted by atomic mass is 19.1. The Balaban J connectivity index is 1.83. The first-order valence-electron chi connectivity index (χ1n) is 9.81. The van der Waals surface area contributed by atoms with E-state index in [4.69, 9.17) is 0 Å². The minimum atomic E-state index is -1.05. The molecule has 28 heavy (non-hydrogen) atoms. The molecule has 0 spiro atoms. The summed E-state index contributed by atoms with van der Waals surface area (Å²) in [7, 11) is 2.13. The highest BCUT2D eigenvalue weighted by Crippen LogP contribution is 2.52. The van der Waals surface area contributed by atoms with E-state index >= 15 is 0 Å². The van der Waals surface area contributed by atoms with Crippen LogP contribution in [0.25, 0.3) is 0 Å². The number of likely N-dealkylation sites (tertiary alicyclic amines) is 1. The normalized spacial score (nSPS) is 28.2. The zero-order valence-corrected chi connectivity index (χ0v) is 16.3. The van der Waals surface area contributed by atoms with Crippen molar-refractivity contribution in [2.24, 2.45) is 5.92 Å². The average molecular weight is 375 g/mol. The largest absolute Gasteiger partial charge is 0.385 e. The summed E-state index contributed by atoms with van der Waals surface area (Å²) in [6.45, 7) is 2.10. The molecule has 1 N–H and O–H groups in total. The van der Waals surface area contributed by atoms with Crippen molar-refractivity contribution in [1.29, 1.82) is 0 Å². The molecule has 3 aromatic carbocycles. The van der Waals surface area contributed by atoms with Crippen molar-refractivity contribution in [3.8, 4) is 0 Å². The van der Waals surface area contributed by atoms with E-state index in [0.29, 0.717) is 6.42 Å². The Hall–Kier alpha value is -2.49. The summed E-state index contributed by atoms with van der Waals surface area (Å²) >= 11 is 0. The maximum atomic E-state index is 13.5. The molecule has 1 fully saturated rings. The van der Waals surface area contributed by atoms with Crippen molar-refractivity contribution in [2.45, 2.75) is 31.0 Å². The number of halogens is 1. The standard InChI is InChI=1S/C25H26FNO/c1-18-24(20-11-7-4-8-12-20)27(2)23(19-9-5-3-6-10-19)17-25(18,28)21-13-15-22(26)16-14-21/h3-16,18,23-24,28H,17H2,1-2H3/t18-,23+,24-,25+/m1/s1. The first kappa shape index (κ1) is 18.9. The van der Waals surface area contributed by atoms with E-state index in [1.807, 2.05) is 36.4 Å². The lowest BCUT2D eigenvalue weighted by atomic mass is 9.68. The quantitative estimate of drug-likeness (QED) is 0.656. The Kier molecular flexibility index (Phi) is 5.05. The Bertz CT molecular complexity index is 912. The lowest BCUT2D eigenvalue weighted by Crippen LogP contribution is -2.50. The SMILES string of the molecule is C[C@@H]1[C@H](c2ccccc2)N(C)[C@H](c2ccccc2)C[C@@]1(O)c1ccc(F)cc1.